The largest absolute Gasteiger partial charge is 0.385 e. The first kappa shape index (κ1) is 8.36. The minimum atomic E-state index is -0.507. The molecule has 1 heterocycles. The molecule has 0 saturated heterocycles. The standard InChI is InChI=1S/C8H6N4O2/c13-7(6-4-2-1-3-5-6)14-8-9-11-12-10-8/h1-5H,(H,9,10,11,12). The number of aromatic nitrogens is 4. The van der Waals surface area contributed by atoms with Crippen molar-refractivity contribution in [2.75, 3.05) is 0 Å². The van der Waals surface area contributed by atoms with Crippen LogP contribution in [0, 0.1) is 0 Å². The van der Waals surface area contributed by atoms with E-state index in [1.165, 1.54) is 0 Å². The van der Waals surface area contributed by atoms with E-state index in [1.54, 1.807) is 24.3 Å². The molecule has 1 N–H and O–H groups in total. The molecule has 0 unspecified atom stereocenters. The first-order chi connectivity index (χ1) is 6.86. The summed E-state index contributed by atoms with van der Waals surface area (Å²) in [6, 6.07) is 8.49. The molecule has 6 nitrogen and oxygen atoms in total. The maximum atomic E-state index is 11.4. The van der Waals surface area contributed by atoms with Gasteiger partial charge in [-0.05, 0) is 17.3 Å². The number of aromatic amines is 1. The fourth-order valence-electron chi connectivity index (χ4n) is 0.912. The van der Waals surface area contributed by atoms with Crippen molar-refractivity contribution in [1.29, 1.82) is 0 Å². The van der Waals surface area contributed by atoms with Crippen LogP contribution >= 0.6 is 0 Å². The molecule has 1 aromatic carbocycles. The second kappa shape index (κ2) is 3.65. The summed E-state index contributed by atoms with van der Waals surface area (Å²) in [5.41, 5.74) is 0.442. The number of H-pyrrole nitrogens is 1. The molecule has 0 aliphatic rings. The van der Waals surface area contributed by atoms with Crippen molar-refractivity contribution in [1.82, 2.24) is 20.6 Å². The van der Waals surface area contributed by atoms with Crippen molar-refractivity contribution >= 4 is 5.97 Å². The SMILES string of the molecule is O=C(Oc1nn[nH]n1)c1ccccc1. The van der Waals surface area contributed by atoms with Crippen LogP contribution in [0.25, 0.3) is 0 Å². The number of rotatable bonds is 2. The van der Waals surface area contributed by atoms with E-state index in [0.717, 1.165) is 0 Å². The summed E-state index contributed by atoms with van der Waals surface area (Å²) < 4.78 is 4.79. The Morgan fingerprint density at radius 2 is 2.07 bits per heavy atom. The number of hydrogen-bond acceptors (Lipinski definition) is 5. The van der Waals surface area contributed by atoms with Gasteiger partial charge in [-0.3, -0.25) is 0 Å². The van der Waals surface area contributed by atoms with E-state index in [1.807, 2.05) is 6.07 Å². The molecule has 0 radical (unpaired) electrons. The Labute approximate surface area is 78.9 Å². The monoisotopic (exact) mass is 190 g/mol. The van der Waals surface area contributed by atoms with Crippen LogP contribution in [0.5, 0.6) is 6.01 Å². The van der Waals surface area contributed by atoms with E-state index in [9.17, 15) is 4.79 Å². The van der Waals surface area contributed by atoms with Gasteiger partial charge in [-0.1, -0.05) is 28.4 Å². The summed E-state index contributed by atoms with van der Waals surface area (Å²) in [6.07, 6.45) is 0. The van der Waals surface area contributed by atoms with E-state index in [0.29, 0.717) is 5.56 Å². The average molecular weight is 190 g/mol. The van der Waals surface area contributed by atoms with Crippen molar-refractivity contribution in [2.45, 2.75) is 0 Å². The Morgan fingerprint density at radius 1 is 1.29 bits per heavy atom. The van der Waals surface area contributed by atoms with Crippen LogP contribution in [-0.2, 0) is 0 Å². The van der Waals surface area contributed by atoms with Gasteiger partial charge < -0.3 is 4.74 Å². The number of carbonyl (C=O) groups is 1. The van der Waals surface area contributed by atoms with Crippen LogP contribution in [0.1, 0.15) is 10.4 Å². The smallest absolute Gasteiger partial charge is 0.363 e. The normalized spacial score (nSPS) is 9.71. The molecule has 1 aromatic heterocycles. The van der Waals surface area contributed by atoms with Gasteiger partial charge in [0.1, 0.15) is 0 Å². The lowest BCUT2D eigenvalue weighted by molar-refractivity contribution is 0.0719. The Balaban J connectivity index is 2.11. The molecule has 0 amide bonds. The number of carbonyl (C=O) groups excluding carboxylic acids is 1. The molecule has 0 saturated carbocycles. The third-order valence-corrected chi connectivity index (χ3v) is 1.52. The zero-order valence-corrected chi connectivity index (χ0v) is 7.04. The lowest BCUT2D eigenvalue weighted by Crippen LogP contribution is -2.09. The second-order valence-electron chi connectivity index (χ2n) is 2.45. The summed E-state index contributed by atoms with van der Waals surface area (Å²) in [5.74, 6) is -0.507. The summed E-state index contributed by atoms with van der Waals surface area (Å²) in [7, 11) is 0. The molecule has 0 bridgehead atoms. The number of nitrogens with one attached hydrogen (secondary N) is 1. The van der Waals surface area contributed by atoms with E-state index in [2.05, 4.69) is 20.6 Å². The molecule has 0 atom stereocenters. The highest BCUT2D eigenvalue weighted by molar-refractivity contribution is 5.90. The number of benzene rings is 1. The van der Waals surface area contributed by atoms with Crippen LogP contribution < -0.4 is 4.74 Å². The van der Waals surface area contributed by atoms with Crippen molar-refractivity contribution < 1.29 is 9.53 Å². The van der Waals surface area contributed by atoms with Crippen LogP contribution in [0.15, 0.2) is 30.3 Å². The molecule has 2 aromatic rings. The fraction of sp³-hybridized carbons (Fsp3) is 0. The van der Waals surface area contributed by atoms with E-state index in [-0.39, 0.29) is 6.01 Å². The average Bonchev–Trinajstić information content (AvgIpc) is 2.72. The molecular weight excluding hydrogens is 184 g/mol. The number of esters is 1. The van der Waals surface area contributed by atoms with Gasteiger partial charge in [-0.25, -0.2) is 4.79 Å². The zero-order valence-electron chi connectivity index (χ0n) is 7.04. The van der Waals surface area contributed by atoms with E-state index >= 15 is 0 Å². The van der Waals surface area contributed by atoms with E-state index in [4.69, 9.17) is 4.74 Å². The fourth-order valence-corrected chi connectivity index (χ4v) is 0.912. The topological polar surface area (TPSA) is 80.8 Å². The number of nitrogens with zero attached hydrogens (tertiary/aromatic N) is 3. The summed E-state index contributed by atoms with van der Waals surface area (Å²) in [4.78, 5) is 11.4. The van der Waals surface area contributed by atoms with Gasteiger partial charge in [0.25, 0.3) is 0 Å². The van der Waals surface area contributed by atoms with Gasteiger partial charge in [0.2, 0.25) is 0 Å². The molecule has 2 rings (SSSR count). The van der Waals surface area contributed by atoms with Crippen LogP contribution in [-0.4, -0.2) is 26.6 Å². The Morgan fingerprint density at radius 3 is 2.71 bits per heavy atom. The van der Waals surface area contributed by atoms with Crippen molar-refractivity contribution in [2.24, 2.45) is 0 Å². The highest BCUT2D eigenvalue weighted by atomic mass is 16.6. The minimum Gasteiger partial charge on any atom is -0.385 e. The molecule has 0 aliphatic carbocycles. The first-order valence-corrected chi connectivity index (χ1v) is 3.87. The molecular formula is C8H6N4O2. The van der Waals surface area contributed by atoms with Gasteiger partial charge in [0, 0.05) is 0 Å². The molecule has 0 spiro atoms. The highest BCUT2D eigenvalue weighted by Crippen LogP contribution is 2.03. The third-order valence-electron chi connectivity index (χ3n) is 1.52. The number of tetrazole rings is 1. The van der Waals surface area contributed by atoms with Gasteiger partial charge in [-0.15, -0.1) is 0 Å². The summed E-state index contributed by atoms with van der Waals surface area (Å²) >= 11 is 0. The highest BCUT2D eigenvalue weighted by Gasteiger charge is 2.09. The van der Waals surface area contributed by atoms with Crippen molar-refractivity contribution in [3.63, 3.8) is 0 Å². The van der Waals surface area contributed by atoms with Crippen LogP contribution in [0.2, 0.25) is 0 Å². The third kappa shape index (κ3) is 1.74. The zero-order chi connectivity index (χ0) is 9.80. The maximum Gasteiger partial charge on any atom is 0.363 e. The quantitative estimate of drug-likeness (QED) is 0.694. The molecule has 0 fully saturated rings. The molecule has 0 aliphatic heterocycles. The number of hydrogen-bond donors (Lipinski definition) is 1. The van der Waals surface area contributed by atoms with Crippen LogP contribution in [0.4, 0.5) is 0 Å². The molecule has 6 heteroatoms. The second-order valence-corrected chi connectivity index (χ2v) is 2.45. The predicted molar refractivity (Wildman–Crippen MR) is 45.6 cm³/mol. The van der Waals surface area contributed by atoms with Crippen molar-refractivity contribution in [3.05, 3.63) is 35.9 Å². The Kier molecular flexibility index (Phi) is 2.18. The van der Waals surface area contributed by atoms with Gasteiger partial charge in [0.15, 0.2) is 0 Å². The molecule has 70 valence electrons. The van der Waals surface area contributed by atoms with Crippen molar-refractivity contribution in [3.8, 4) is 6.01 Å². The maximum absolute atomic E-state index is 11.4. The minimum absolute atomic E-state index is 0.0844. The van der Waals surface area contributed by atoms with Gasteiger partial charge >= 0.3 is 12.0 Å². The van der Waals surface area contributed by atoms with E-state index < -0.39 is 5.97 Å². The lowest BCUT2D eigenvalue weighted by atomic mass is 10.2. The van der Waals surface area contributed by atoms with Crippen LogP contribution in [0.3, 0.4) is 0 Å². The first-order valence-electron chi connectivity index (χ1n) is 3.87. The van der Waals surface area contributed by atoms with Gasteiger partial charge in [-0.2, -0.15) is 5.21 Å². The van der Waals surface area contributed by atoms with Gasteiger partial charge in [0.05, 0.1) is 5.56 Å². The summed E-state index contributed by atoms with van der Waals surface area (Å²) in [5, 5.41) is 12.4. The Bertz CT molecular complexity index is 412. The molecule has 14 heavy (non-hydrogen) atoms. The Hall–Kier alpha value is -2.24. The summed E-state index contributed by atoms with van der Waals surface area (Å²) in [6.45, 7) is 0. The lowest BCUT2D eigenvalue weighted by Gasteiger charge is -1.97. The predicted octanol–water partition coefficient (Wildman–Crippen LogP) is 0.419. The number of ether oxygens (including phenoxy) is 1.